The fraction of sp³-hybridized carbons (Fsp3) is 0.733. The lowest BCUT2D eigenvalue weighted by atomic mass is 9.70. The number of carboxylic acid groups (broad SMARTS) is 4. The predicted molar refractivity (Wildman–Crippen MR) is 76.9 cm³/mol. The highest BCUT2D eigenvalue weighted by molar-refractivity contribution is 5.85. The van der Waals surface area contributed by atoms with Crippen LogP contribution >= 0.6 is 0 Å². The largest absolute Gasteiger partial charge is 0.481 e. The van der Waals surface area contributed by atoms with E-state index in [-0.39, 0.29) is 12.8 Å². The number of carbonyl (C=O) groups is 4. The maximum Gasteiger partial charge on any atom is 0.307 e. The van der Waals surface area contributed by atoms with Crippen molar-refractivity contribution in [1.82, 2.24) is 0 Å². The highest BCUT2D eigenvalue weighted by atomic mass is 16.4. The van der Waals surface area contributed by atoms with Gasteiger partial charge in [-0.25, -0.2) is 0 Å². The Bertz CT molecular complexity index is 442. The number of hydrogen-bond donors (Lipinski definition) is 4. The Kier molecular flexibility index (Phi) is 6.53. The molecule has 0 heterocycles. The zero-order chi connectivity index (χ0) is 17.6. The molecule has 2 fully saturated rings. The molecule has 2 rings (SSSR count). The van der Waals surface area contributed by atoms with Gasteiger partial charge in [0, 0.05) is 0 Å². The van der Waals surface area contributed by atoms with E-state index in [9.17, 15) is 19.2 Å². The van der Waals surface area contributed by atoms with Gasteiger partial charge in [-0.1, -0.05) is 19.3 Å². The van der Waals surface area contributed by atoms with Gasteiger partial charge in [-0.15, -0.1) is 0 Å². The third-order valence-corrected chi connectivity index (χ3v) is 4.39. The van der Waals surface area contributed by atoms with Crippen LogP contribution in [0.3, 0.4) is 0 Å². The third kappa shape index (κ3) is 6.25. The molecule has 2 atom stereocenters. The van der Waals surface area contributed by atoms with E-state index in [1.807, 2.05) is 0 Å². The Morgan fingerprint density at radius 1 is 0.739 bits per heavy atom. The van der Waals surface area contributed by atoms with Crippen LogP contribution in [0.4, 0.5) is 0 Å². The Hall–Kier alpha value is -2.12. The zero-order valence-electron chi connectivity index (χ0n) is 12.7. The molecule has 0 bridgehead atoms. The summed E-state index contributed by atoms with van der Waals surface area (Å²) in [6.45, 7) is 0. The Balaban J connectivity index is 0.000000253. The van der Waals surface area contributed by atoms with Gasteiger partial charge < -0.3 is 20.4 Å². The molecule has 0 aromatic carbocycles. The van der Waals surface area contributed by atoms with Crippen LogP contribution in [0.2, 0.25) is 0 Å². The molecule has 8 nitrogen and oxygen atoms in total. The molecular weight excluding hydrogens is 308 g/mol. The molecule has 0 aliphatic heterocycles. The van der Waals surface area contributed by atoms with Crippen LogP contribution in [0.25, 0.3) is 0 Å². The number of aliphatic carboxylic acids is 4. The van der Waals surface area contributed by atoms with Gasteiger partial charge in [0.2, 0.25) is 0 Å². The van der Waals surface area contributed by atoms with Gasteiger partial charge in [-0.3, -0.25) is 19.2 Å². The van der Waals surface area contributed by atoms with Crippen molar-refractivity contribution >= 4 is 23.9 Å². The number of carboxylic acids is 4. The van der Waals surface area contributed by atoms with Gasteiger partial charge >= 0.3 is 23.9 Å². The van der Waals surface area contributed by atoms with Gasteiger partial charge in [0.1, 0.15) is 0 Å². The number of hydrogen-bond acceptors (Lipinski definition) is 4. The maximum atomic E-state index is 10.7. The van der Waals surface area contributed by atoms with Crippen molar-refractivity contribution in [2.24, 2.45) is 17.3 Å². The van der Waals surface area contributed by atoms with Gasteiger partial charge in [-0.05, 0) is 24.7 Å². The van der Waals surface area contributed by atoms with E-state index >= 15 is 0 Å². The van der Waals surface area contributed by atoms with Crippen LogP contribution in [-0.2, 0) is 19.2 Å². The second-order valence-corrected chi connectivity index (χ2v) is 6.33. The van der Waals surface area contributed by atoms with Gasteiger partial charge in [0.15, 0.2) is 0 Å². The monoisotopic (exact) mass is 330 g/mol. The molecule has 0 amide bonds. The third-order valence-electron chi connectivity index (χ3n) is 4.39. The Labute approximate surface area is 133 Å². The minimum absolute atomic E-state index is 0.000694. The highest BCUT2D eigenvalue weighted by Crippen LogP contribution is 2.42. The summed E-state index contributed by atoms with van der Waals surface area (Å²) < 4.78 is 0. The van der Waals surface area contributed by atoms with Crippen LogP contribution in [0.1, 0.15) is 51.4 Å². The predicted octanol–water partition coefficient (Wildman–Crippen LogP) is 1.68. The minimum Gasteiger partial charge on any atom is -0.481 e. The molecule has 0 aromatic rings. The quantitative estimate of drug-likeness (QED) is 0.574. The van der Waals surface area contributed by atoms with E-state index in [0.717, 1.165) is 32.1 Å². The molecule has 8 heteroatoms. The first-order valence-corrected chi connectivity index (χ1v) is 7.56. The van der Waals surface area contributed by atoms with E-state index in [1.54, 1.807) is 0 Å². The lowest BCUT2D eigenvalue weighted by Crippen LogP contribution is -2.30. The molecule has 0 spiro atoms. The summed E-state index contributed by atoms with van der Waals surface area (Å²) in [7, 11) is 0. The van der Waals surface area contributed by atoms with E-state index in [2.05, 4.69) is 0 Å². The second-order valence-electron chi connectivity index (χ2n) is 6.33. The van der Waals surface area contributed by atoms with Gasteiger partial charge in [-0.2, -0.15) is 0 Å². The maximum absolute atomic E-state index is 10.7. The topological polar surface area (TPSA) is 149 Å². The van der Waals surface area contributed by atoms with Crippen LogP contribution < -0.4 is 0 Å². The van der Waals surface area contributed by atoms with Crippen molar-refractivity contribution < 1.29 is 39.6 Å². The summed E-state index contributed by atoms with van der Waals surface area (Å²) >= 11 is 0. The SMILES string of the molecule is O=C(O)CC1(CC(=O)O)CCCCC1.O=C(O)[C@@H]1C[C@H]1C(=O)O. The average Bonchev–Trinajstić information content (AvgIpc) is 3.18. The Morgan fingerprint density at radius 3 is 1.39 bits per heavy atom. The summed E-state index contributed by atoms with van der Waals surface area (Å²) in [5.41, 5.74) is -0.476. The Morgan fingerprint density at radius 2 is 1.13 bits per heavy atom. The fourth-order valence-electron chi connectivity index (χ4n) is 3.10. The summed E-state index contributed by atoms with van der Waals surface area (Å²) in [5.74, 6) is -5.00. The summed E-state index contributed by atoms with van der Waals surface area (Å²) in [5, 5.41) is 33.9. The van der Waals surface area contributed by atoms with E-state index in [1.165, 1.54) is 0 Å². The lowest BCUT2D eigenvalue weighted by Gasteiger charge is -2.34. The number of rotatable bonds is 6. The first-order chi connectivity index (χ1) is 10.7. The molecule has 2 aliphatic rings. The molecular formula is C15H22O8. The minimum atomic E-state index is -0.998. The molecule has 0 radical (unpaired) electrons. The fourth-order valence-corrected chi connectivity index (χ4v) is 3.10. The van der Waals surface area contributed by atoms with Crippen LogP contribution in [0.5, 0.6) is 0 Å². The normalized spacial score (nSPS) is 24.7. The van der Waals surface area contributed by atoms with Crippen LogP contribution in [0.15, 0.2) is 0 Å². The molecule has 0 unspecified atom stereocenters. The standard InChI is InChI=1S/C10H16O4.C5H6O4/c11-8(12)6-10(7-9(13)14)4-2-1-3-5-10;6-4(7)2-1-3(2)5(8)9/h1-7H2,(H,11,12)(H,13,14);2-3H,1H2,(H,6,7)(H,8,9)/t;2-,3-/m.1/s1. The second kappa shape index (κ2) is 7.94. The molecule has 2 saturated carbocycles. The molecule has 0 aromatic heterocycles. The van der Waals surface area contributed by atoms with E-state index < -0.39 is 41.1 Å². The lowest BCUT2D eigenvalue weighted by molar-refractivity contribution is -0.145. The molecule has 2 aliphatic carbocycles. The summed E-state index contributed by atoms with van der Waals surface area (Å²) in [6.07, 6.45) is 4.79. The molecule has 23 heavy (non-hydrogen) atoms. The smallest absolute Gasteiger partial charge is 0.307 e. The van der Waals surface area contributed by atoms with Crippen molar-refractivity contribution in [2.45, 2.75) is 51.4 Å². The van der Waals surface area contributed by atoms with E-state index in [0.29, 0.717) is 6.42 Å². The van der Waals surface area contributed by atoms with Crippen LogP contribution in [0, 0.1) is 17.3 Å². The van der Waals surface area contributed by atoms with Crippen molar-refractivity contribution in [1.29, 1.82) is 0 Å². The summed E-state index contributed by atoms with van der Waals surface area (Å²) in [4.78, 5) is 41.3. The van der Waals surface area contributed by atoms with Crippen molar-refractivity contribution in [3.63, 3.8) is 0 Å². The van der Waals surface area contributed by atoms with Crippen LogP contribution in [-0.4, -0.2) is 44.3 Å². The summed E-state index contributed by atoms with van der Waals surface area (Å²) in [6, 6.07) is 0. The highest BCUT2D eigenvalue weighted by Gasteiger charge is 2.48. The van der Waals surface area contributed by atoms with Gasteiger partial charge in [0.25, 0.3) is 0 Å². The zero-order valence-corrected chi connectivity index (χ0v) is 12.7. The first kappa shape index (κ1) is 18.9. The van der Waals surface area contributed by atoms with Crippen molar-refractivity contribution in [3.05, 3.63) is 0 Å². The molecule has 4 N–H and O–H groups in total. The first-order valence-electron chi connectivity index (χ1n) is 7.56. The van der Waals surface area contributed by atoms with E-state index in [4.69, 9.17) is 20.4 Å². The van der Waals surface area contributed by atoms with Crippen molar-refractivity contribution in [2.75, 3.05) is 0 Å². The van der Waals surface area contributed by atoms with Crippen molar-refractivity contribution in [3.8, 4) is 0 Å². The molecule has 0 saturated heterocycles. The average molecular weight is 330 g/mol. The van der Waals surface area contributed by atoms with Gasteiger partial charge in [0.05, 0.1) is 24.7 Å². The molecule has 130 valence electrons.